The fraction of sp³-hybridized carbons (Fsp3) is 1.00. The van der Waals surface area contributed by atoms with Gasteiger partial charge in [-0.1, -0.05) is 0 Å². The van der Waals surface area contributed by atoms with Gasteiger partial charge in [0.2, 0.25) is 0 Å². The predicted octanol–water partition coefficient (Wildman–Crippen LogP) is 4.80. The van der Waals surface area contributed by atoms with Crippen molar-refractivity contribution in [3.05, 3.63) is 0 Å². The molecule has 0 atom stereocenters. The smallest absolute Gasteiger partial charge is 0.381 e. The molecular weight excluding hydrogens is 273 g/mol. The topological polar surface area (TPSA) is 9.23 Å². The molecule has 1 nitrogen and oxygen atoms in total. The highest BCUT2D eigenvalue weighted by atomic mass is 32.2. The number of halogens is 3. The van der Waals surface area contributed by atoms with Gasteiger partial charge in [0.15, 0.2) is 0 Å². The van der Waals surface area contributed by atoms with Crippen LogP contribution in [0.2, 0.25) is 0 Å². The lowest BCUT2D eigenvalue weighted by molar-refractivity contribution is -0.181. The first-order chi connectivity index (χ1) is 8.99. The van der Waals surface area contributed by atoms with Gasteiger partial charge in [0.1, 0.15) is 0 Å². The van der Waals surface area contributed by atoms with Crippen LogP contribution in [0.1, 0.15) is 51.4 Å². The maximum Gasteiger partial charge on any atom is 0.391 e. The van der Waals surface area contributed by atoms with Crippen LogP contribution in [0.15, 0.2) is 0 Å². The Balaban J connectivity index is 1.69. The van der Waals surface area contributed by atoms with Gasteiger partial charge in [0, 0.05) is 17.6 Å². The summed E-state index contributed by atoms with van der Waals surface area (Å²) in [5.41, 5.74) is 0. The van der Waals surface area contributed by atoms with Gasteiger partial charge in [-0.25, -0.2) is 0 Å². The summed E-state index contributed by atoms with van der Waals surface area (Å²) in [7, 11) is 1.76. The van der Waals surface area contributed by atoms with Crippen LogP contribution in [0.25, 0.3) is 0 Å². The van der Waals surface area contributed by atoms with E-state index in [0.717, 1.165) is 38.5 Å². The molecule has 0 aromatic heterocycles. The Morgan fingerprint density at radius 1 is 0.842 bits per heavy atom. The van der Waals surface area contributed by atoms with Crippen LogP contribution in [-0.4, -0.2) is 29.9 Å². The zero-order valence-corrected chi connectivity index (χ0v) is 12.2. The van der Waals surface area contributed by atoms with Crippen molar-refractivity contribution in [2.45, 2.75) is 74.1 Å². The van der Waals surface area contributed by atoms with Gasteiger partial charge in [0.05, 0.1) is 12.0 Å². The third-order valence-corrected chi connectivity index (χ3v) is 6.19. The van der Waals surface area contributed by atoms with Crippen LogP contribution in [0, 0.1) is 5.92 Å². The highest BCUT2D eigenvalue weighted by Gasteiger charge is 2.41. The zero-order valence-electron chi connectivity index (χ0n) is 11.4. The van der Waals surface area contributed by atoms with Gasteiger partial charge in [-0.3, -0.25) is 0 Å². The van der Waals surface area contributed by atoms with E-state index >= 15 is 0 Å². The second-order valence-corrected chi connectivity index (χ2v) is 7.39. The monoisotopic (exact) mass is 296 g/mol. The van der Waals surface area contributed by atoms with Crippen molar-refractivity contribution in [3.8, 4) is 0 Å². The SMILES string of the molecule is COC1CCC(SC2CCC(C(F)(F)F)CC2)CC1. The second-order valence-electron chi connectivity index (χ2n) is 5.79. The van der Waals surface area contributed by atoms with E-state index in [0.29, 0.717) is 29.4 Å². The lowest BCUT2D eigenvalue weighted by Gasteiger charge is -2.34. The summed E-state index contributed by atoms with van der Waals surface area (Å²) in [6, 6.07) is 0. The zero-order chi connectivity index (χ0) is 13.9. The maximum atomic E-state index is 12.6. The summed E-state index contributed by atoms with van der Waals surface area (Å²) < 4.78 is 43.1. The quantitative estimate of drug-likeness (QED) is 0.740. The predicted molar refractivity (Wildman–Crippen MR) is 72.4 cm³/mol. The molecule has 2 aliphatic rings. The second kappa shape index (κ2) is 6.70. The lowest BCUT2D eigenvalue weighted by atomic mass is 9.88. The van der Waals surface area contributed by atoms with E-state index in [-0.39, 0.29) is 0 Å². The van der Waals surface area contributed by atoms with Gasteiger partial charge in [0.25, 0.3) is 0 Å². The van der Waals surface area contributed by atoms with Gasteiger partial charge >= 0.3 is 6.18 Å². The van der Waals surface area contributed by atoms with E-state index in [9.17, 15) is 13.2 Å². The first kappa shape index (κ1) is 15.5. The fourth-order valence-corrected chi connectivity index (χ4v) is 4.84. The molecule has 0 heterocycles. The molecule has 2 fully saturated rings. The molecule has 0 aliphatic heterocycles. The minimum Gasteiger partial charge on any atom is -0.381 e. The van der Waals surface area contributed by atoms with Crippen molar-refractivity contribution in [2.24, 2.45) is 5.92 Å². The van der Waals surface area contributed by atoms with Crippen LogP contribution in [0.3, 0.4) is 0 Å². The van der Waals surface area contributed by atoms with E-state index in [2.05, 4.69) is 0 Å². The molecule has 0 amide bonds. The average Bonchev–Trinajstić information content (AvgIpc) is 2.39. The van der Waals surface area contributed by atoms with Gasteiger partial charge in [-0.05, 0) is 51.4 Å². The number of ether oxygens (including phenoxy) is 1. The molecule has 0 aromatic carbocycles. The molecule has 0 spiro atoms. The summed E-state index contributed by atoms with van der Waals surface area (Å²) in [5, 5.41) is 1.08. The highest BCUT2D eigenvalue weighted by molar-refractivity contribution is 8.00. The molecule has 0 saturated heterocycles. The summed E-state index contributed by atoms with van der Waals surface area (Å²) in [4.78, 5) is 0. The average molecular weight is 296 g/mol. The largest absolute Gasteiger partial charge is 0.391 e. The van der Waals surface area contributed by atoms with Crippen LogP contribution in [0.5, 0.6) is 0 Å². The summed E-state index contributed by atoms with van der Waals surface area (Å²) in [6.45, 7) is 0. The van der Waals surface area contributed by atoms with Crippen LogP contribution in [-0.2, 0) is 4.74 Å². The lowest BCUT2D eigenvalue weighted by Crippen LogP contribution is -2.30. The van der Waals surface area contributed by atoms with Gasteiger partial charge < -0.3 is 4.74 Å². The summed E-state index contributed by atoms with van der Waals surface area (Å²) >= 11 is 1.94. The van der Waals surface area contributed by atoms with E-state index in [1.165, 1.54) is 0 Å². The molecule has 112 valence electrons. The Kier molecular flexibility index (Phi) is 5.46. The Labute approximate surface area is 117 Å². The van der Waals surface area contributed by atoms with Crippen molar-refractivity contribution in [2.75, 3.05) is 7.11 Å². The van der Waals surface area contributed by atoms with E-state index in [1.54, 1.807) is 7.11 Å². The number of rotatable bonds is 3. The fourth-order valence-electron chi connectivity index (χ4n) is 3.20. The third-order valence-electron chi connectivity index (χ3n) is 4.48. The minimum absolute atomic E-state index is 0.328. The standard InChI is InChI=1S/C14H23F3OS/c1-18-11-4-8-13(9-5-11)19-12-6-2-10(3-7-12)14(15,16)17/h10-13H,2-9H2,1H3. The van der Waals surface area contributed by atoms with Gasteiger partial charge in [-0.15, -0.1) is 0 Å². The van der Waals surface area contributed by atoms with Crippen LogP contribution < -0.4 is 0 Å². The number of hydrogen-bond donors (Lipinski definition) is 0. The Hall–Kier alpha value is 0.100. The van der Waals surface area contributed by atoms with Gasteiger partial charge in [-0.2, -0.15) is 24.9 Å². The molecule has 19 heavy (non-hydrogen) atoms. The number of hydrogen-bond acceptors (Lipinski definition) is 2. The molecule has 0 aromatic rings. The van der Waals surface area contributed by atoms with Crippen LogP contribution >= 0.6 is 11.8 Å². The number of thioether (sulfide) groups is 1. The van der Waals surface area contributed by atoms with Crippen molar-refractivity contribution in [1.82, 2.24) is 0 Å². The van der Waals surface area contributed by atoms with E-state index < -0.39 is 12.1 Å². The first-order valence-electron chi connectivity index (χ1n) is 7.24. The highest BCUT2D eigenvalue weighted by Crippen LogP contribution is 2.43. The number of alkyl halides is 3. The Morgan fingerprint density at radius 3 is 1.74 bits per heavy atom. The maximum absolute atomic E-state index is 12.6. The summed E-state index contributed by atoms with van der Waals surface area (Å²) in [6.07, 6.45) is 3.06. The number of methoxy groups -OCH3 is 1. The van der Waals surface area contributed by atoms with Crippen molar-refractivity contribution in [1.29, 1.82) is 0 Å². The Bertz CT molecular complexity index is 266. The summed E-state index contributed by atoms with van der Waals surface area (Å²) in [5.74, 6) is -1.05. The molecule has 0 N–H and O–H groups in total. The van der Waals surface area contributed by atoms with Crippen LogP contribution in [0.4, 0.5) is 13.2 Å². The van der Waals surface area contributed by atoms with Crippen molar-refractivity contribution in [3.63, 3.8) is 0 Å². The minimum atomic E-state index is -3.98. The van der Waals surface area contributed by atoms with Crippen molar-refractivity contribution >= 4 is 11.8 Å². The Morgan fingerprint density at radius 2 is 1.32 bits per heavy atom. The normalized spacial score (nSPS) is 37.3. The van der Waals surface area contributed by atoms with E-state index in [1.807, 2.05) is 11.8 Å². The molecular formula is C14H23F3OS. The molecule has 0 radical (unpaired) electrons. The van der Waals surface area contributed by atoms with E-state index in [4.69, 9.17) is 4.74 Å². The third kappa shape index (κ3) is 4.55. The molecule has 5 heteroatoms. The molecule has 0 bridgehead atoms. The molecule has 0 unspecified atom stereocenters. The van der Waals surface area contributed by atoms with Crippen molar-refractivity contribution < 1.29 is 17.9 Å². The molecule has 2 rings (SSSR count). The first-order valence-corrected chi connectivity index (χ1v) is 8.18. The molecule has 2 aliphatic carbocycles. The molecule has 2 saturated carbocycles.